The Labute approximate surface area is 159 Å². The first-order valence-electron chi connectivity index (χ1n) is 10.4. The molecule has 0 aromatic heterocycles. The maximum atomic E-state index is 12.2. The summed E-state index contributed by atoms with van der Waals surface area (Å²) >= 11 is 0. The number of carbonyl (C=O) groups is 2. The SMILES string of the molecule is CCCCCC(C)(O)C=C[C@H]1CCC(=O)[C@@H]1CCCCCC(C)C(=O)O. The van der Waals surface area contributed by atoms with Crippen LogP contribution >= 0.6 is 0 Å². The molecule has 4 atom stereocenters. The summed E-state index contributed by atoms with van der Waals surface area (Å²) in [6.45, 7) is 5.76. The van der Waals surface area contributed by atoms with Crippen LogP contribution in [0.4, 0.5) is 0 Å². The van der Waals surface area contributed by atoms with Crippen molar-refractivity contribution < 1.29 is 19.8 Å². The van der Waals surface area contributed by atoms with E-state index in [9.17, 15) is 14.7 Å². The molecule has 1 rings (SSSR count). The lowest BCUT2D eigenvalue weighted by Gasteiger charge is -2.21. The van der Waals surface area contributed by atoms with E-state index in [2.05, 4.69) is 13.0 Å². The number of Topliss-reactive ketones (excluding diaryl/α,β-unsaturated/α-hetero) is 1. The van der Waals surface area contributed by atoms with Gasteiger partial charge in [0.25, 0.3) is 0 Å². The van der Waals surface area contributed by atoms with E-state index in [1.807, 2.05) is 13.0 Å². The molecule has 0 aromatic rings. The summed E-state index contributed by atoms with van der Waals surface area (Å²) < 4.78 is 0. The highest BCUT2D eigenvalue weighted by Gasteiger charge is 2.32. The van der Waals surface area contributed by atoms with Gasteiger partial charge >= 0.3 is 5.97 Å². The average Bonchev–Trinajstić information content (AvgIpc) is 2.93. The molecule has 0 amide bonds. The van der Waals surface area contributed by atoms with Crippen LogP contribution in [0.15, 0.2) is 12.2 Å². The number of aliphatic carboxylic acids is 1. The lowest BCUT2D eigenvalue weighted by molar-refractivity contribution is -0.141. The van der Waals surface area contributed by atoms with Crippen LogP contribution in [0.25, 0.3) is 0 Å². The van der Waals surface area contributed by atoms with Gasteiger partial charge in [0.15, 0.2) is 0 Å². The second-order valence-electron chi connectivity index (χ2n) is 8.33. The second-order valence-corrected chi connectivity index (χ2v) is 8.33. The van der Waals surface area contributed by atoms with Crippen LogP contribution in [0.2, 0.25) is 0 Å². The molecule has 0 radical (unpaired) electrons. The third kappa shape index (κ3) is 8.48. The molecule has 1 fully saturated rings. The molecule has 0 saturated heterocycles. The summed E-state index contributed by atoms with van der Waals surface area (Å²) in [7, 11) is 0. The minimum absolute atomic E-state index is 0.0783. The van der Waals surface area contributed by atoms with E-state index in [0.717, 1.165) is 57.8 Å². The lowest BCUT2D eigenvalue weighted by atomic mass is 9.87. The van der Waals surface area contributed by atoms with E-state index in [0.29, 0.717) is 18.6 Å². The first kappa shape index (κ1) is 22.9. The molecule has 150 valence electrons. The zero-order chi connectivity index (χ0) is 19.6. The number of unbranched alkanes of at least 4 members (excludes halogenated alkanes) is 4. The Morgan fingerprint density at radius 2 is 2.00 bits per heavy atom. The third-order valence-electron chi connectivity index (χ3n) is 5.72. The summed E-state index contributed by atoms with van der Waals surface area (Å²) in [4.78, 5) is 23.0. The molecule has 4 heteroatoms. The van der Waals surface area contributed by atoms with Gasteiger partial charge in [0.05, 0.1) is 11.5 Å². The number of carboxylic acids is 1. The number of hydrogen-bond acceptors (Lipinski definition) is 3. The van der Waals surface area contributed by atoms with Crippen LogP contribution < -0.4 is 0 Å². The zero-order valence-electron chi connectivity index (χ0n) is 16.9. The molecule has 0 bridgehead atoms. The number of ketones is 1. The van der Waals surface area contributed by atoms with Crippen LogP contribution in [0, 0.1) is 17.8 Å². The molecule has 0 aliphatic heterocycles. The van der Waals surface area contributed by atoms with Gasteiger partial charge in [-0.25, -0.2) is 0 Å². The van der Waals surface area contributed by atoms with Gasteiger partial charge < -0.3 is 10.2 Å². The van der Waals surface area contributed by atoms with Gasteiger partial charge in [0.2, 0.25) is 0 Å². The van der Waals surface area contributed by atoms with E-state index in [1.54, 1.807) is 6.92 Å². The maximum absolute atomic E-state index is 12.2. The van der Waals surface area contributed by atoms with Gasteiger partial charge in [0, 0.05) is 12.3 Å². The van der Waals surface area contributed by atoms with Crippen molar-refractivity contribution in [2.45, 2.75) is 97.0 Å². The fourth-order valence-electron chi connectivity index (χ4n) is 3.80. The van der Waals surface area contributed by atoms with Crippen molar-refractivity contribution in [3.05, 3.63) is 12.2 Å². The topological polar surface area (TPSA) is 74.6 Å². The Bertz CT molecular complexity index is 467. The minimum atomic E-state index is -0.779. The standard InChI is InChI=1S/C22H38O4/c1-4-5-9-15-22(3,26)16-14-18-12-13-20(23)19(18)11-8-6-7-10-17(2)21(24)25/h14,16-19,26H,4-13,15H2,1-3H3,(H,24,25)/t17?,18-,19-,22?/m1/s1. The van der Waals surface area contributed by atoms with Crippen molar-refractivity contribution in [1.82, 2.24) is 0 Å². The highest BCUT2D eigenvalue weighted by atomic mass is 16.4. The van der Waals surface area contributed by atoms with E-state index < -0.39 is 11.6 Å². The van der Waals surface area contributed by atoms with Crippen molar-refractivity contribution in [3.8, 4) is 0 Å². The van der Waals surface area contributed by atoms with Crippen molar-refractivity contribution >= 4 is 11.8 Å². The fourth-order valence-corrected chi connectivity index (χ4v) is 3.80. The molecule has 1 aliphatic carbocycles. The normalized spacial score (nSPS) is 24.1. The predicted molar refractivity (Wildman–Crippen MR) is 105 cm³/mol. The molecule has 0 aromatic carbocycles. The smallest absolute Gasteiger partial charge is 0.306 e. The van der Waals surface area contributed by atoms with Crippen LogP contribution in [0.3, 0.4) is 0 Å². The number of allylic oxidation sites excluding steroid dienone is 1. The molecule has 1 saturated carbocycles. The van der Waals surface area contributed by atoms with E-state index in [1.165, 1.54) is 0 Å². The van der Waals surface area contributed by atoms with Crippen molar-refractivity contribution in [3.63, 3.8) is 0 Å². The Morgan fingerprint density at radius 1 is 1.27 bits per heavy atom. The molecule has 1 aliphatic rings. The number of carboxylic acid groups (broad SMARTS) is 1. The van der Waals surface area contributed by atoms with Crippen molar-refractivity contribution in [1.29, 1.82) is 0 Å². The fraction of sp³-hybridized carbons (Fsp3) is 0.818. The molecular formula is C22H38O4. The van der Waals surface area contributed by atoms with Crippen LogP contribution in [0.5, 0.6) is 0 Å². The summed E-state index contributed by atoms with van der Waals surface area (Å²) in [5.74, 6) is -0.335. The first-order chi connectivity index (χ1) is 12.3. The van der Waals surface area contributed by atoms with Crippen LogP contribution in [-0.4, -0.2) is 27.6 Å². The molecule has 26 heavy (non-hydrogen) atoms. The largest absolute Gasteiger partial charge is 0.481 e. The third-order valence-corrected chi connectivity index (χ3v) is 5.72. The van der Waals surface area contributed by atoms with Gasteiger partial charge in [-0.3, -0.25) is 9.59 Å². The maximum Gasteiger partial charge on any atom is 0.306 e. The zero-order valence-corrected chi connectivity index (χ0v) is 16.9. The molecule has 4 nitrogen and oxygen atoms in total. The number of hydrogen-bond donors (Lipinski definition) is 2. The molecular weight excluding hydrogens is 328 g/mol. The Morgan fingerprint density at radius 3 is 2.65 bits per heavy atom. The summed E-state index contributed by atoms with van der Waals surface area (Å²) in [6.07, 6.45) is 14.0. The highest BCUT2D eigenvalue weighted by Crippen LogP contribution is 2.34. The van der Waals surface area contributed by atoms with Gasteiger partial charge in [-0.05, 0) is 38.5 Å². The molecule has 0 spiro atoms. The van der Waals surface area contributed by atoms with Crippen LogP contribution in [0.1, 0.15) is 91.4 Å². The summed E-state index contributed by atoms with van der Waals surface area (Å²) in [5.41, 5.74) is -0.779. The van der Waals surface area contributed by atoms with Gasteiger partial charge in [0.1, 0.15) is 5.78 Å². The number of aliphatic hydroxyl groups is 1. The van der Waals surface area contributed by atoms with Crippen molar-refractivity contribution in [2.24, 2.45) is 17.8 Å². The second kappa shape index (κ2) is 11.5. The molecule has 2 N–H and O–H groups in total. The monoisotopic (exact) mass is 366 g/mol. The van der Waals surface area contributed by atoms with Gasteiger partial charge in [-0.2, -0.15) is 0 Å². The summed E-state index contributed by atoms with van der Waals surface area (Å²) in [6, 6.07) is 0. The van der Waals surface area contributed by atoms with Crippen LogP contribution in [-0.2, 0) is 9.59 Å². The quantitative estimate of drug-likeness (QED) is 0.349. The average molecular weight is 367 g/mol. The highest BCUT2D eigenvalue weighted by molar-refractivity contribution is 5.83. The van der Waals surface area contributed by atoms with Gasteiger partial charge in [-0.15, -0.1) is 0 Å². The molecule has 0 heterocycles. The molecule has 2 unspecified atom stereocenters. The first-order valence-corrected chi connectivity index (χ1v) is 10.4. The number of carbonyl (C=O) groups excluding carboxylic acids is 1. The minimum Gasteiger partial charge on any atom is -0.481 e. The Balaban J connectivity index is 2.40. The Kier molecular flexibility index (Phi) is 10.1. The van der Waals surface area contributed by atoms with E-state index in [-0.39, 0.29) is 17.8 Å². The number of rotatable bonds is 13. The van der Waals surface area contributed by atoms with Gasteiger partial charge in [-0.1, -0.05) is 64.5 Å². The van der Waals surface area contributed by atoms with E-state index in [4.69, 9.17) is 5.11 Å². The van der Waals surface area contributed by atoms with Crippen molar-refractivity contribution in [2.75, 3.05) is 0 Å². The summed E-state index contributed by atoms with van der Waals surface area (Å²) in [5, 5.41) is 19.4. The van der Waals surface area contributed by atoms with E-state index >= 15 is 0 Å². The predicted octanol–water partition coefficient (Wildman–Crippen LogP) is 5.14. The Hall–Kier alpha value is -1.16. The lowest BCUT2D eigenvalue weighted by Crippen LogP contribution is -2.21.